The van der Waals surface area contributed by atoms with Crippen LogP contribution < -0.4 is 0 Å². The lowest BCUT2D eigenvalue weighted by Crippen LogP contribution is -2.20. The van der Waals surface area contributed by atoms with Crippen molar-refractivity contribution < 1.29 is 14.6 Å². The molecule has 4 atom stereocenters. The topological polar surface area (TPSA) is 46.5 Å². The molecule has 1 aliphatic carbocycles. The predicted octanol–water partition coefficient (Wildman–Crippen LogP) is 5.55. The summed E-state index contributed by atoms with van der Waals surface area (Å²) < 4.78 is 4.66. The molecule has 1 N–H and O–H groups in total. The summed E-state index contributed by atoms with van der Waals surface area (Å²) in [6, 6.07) is 0. The Kier molecular flexibility index (Phi) is 12.7. The second-order valence-electron chi connectivity index (χ2n) is 7.82. The number of esters is 1. The number of methoxy groups -OCH3 is 1. The molecular formula is C21H40O3S. The lowest BCUT2D eigenvalue weighted by atomic mass is 9.85. The zero-order valence-corrected chi connectivity index (χ0v) is 17.3. The first kappa shape index (κ1) is 22.8. The molecule has 0 bridgehead atoms. The van der Waals surface area contributed by atoms with Crippen molar-refractivity contribution in [2.75, 3.05) is 7.11 Å². The summed E-state index contributed by atoms with van der Waals surface area (Å²) in [7, 11) is 1.45. The van der Waals surface area contributed by atoms with Gasteiger partial charge in [0.05, 0.1) is 13.2 Å². The molecule has 0 aromatic heterocycles. The molecule has 0 aromatic carbocycles. The zero-order chi connectivity index (χ0) is 18.5. The maximum Gasteiger partial charge on any atom is 0.305 e. The van der Waals surface area contributed by atoms with Gasteiger partial charge in [-0.25, -0.2) is 0 Å². The van der Waals surface area contributed by atoms with Crippen LogP contribution in [0.4, 0.5) is 0 Å². The Hall–Kier alpha value is -0.220. The molecule has 0 saturated heterocycles. The number of hydrogen-bond acceptors (Lipinski definition) is 4. The van der Waals surface area contributed by atoms with Crippen molar-refractivity contribution in [1.82, 2.24) is 0 Å². The minimum atomic E-state index is -0.105. The maximum atomic E-state index is 11.1. The number of carbonyl (C=O) groups is 1. The molecule has 1 fully saturated rings. The van der Waals surface area contributed by atoms with Crippen LogP contribution in [0.25, 0.3) is 0 Å². The van der Waals surface area contributed by atoms with Gasteiger partial charge in [0.25, 0.3) is 0 Å². The minimum Gasteiger partial charge on any atom is -0.469 e. The van der Waals surface area contributed by atoms with Gasteiger partial charge in [0.15, 0.2) is 0 Å². The molecular weight excluding hydrogens is 332 g/mol. The fraction of sp³-hybridized carbons (Fsp3) is 0.952. The van der Waals surface area contributed by atoms with E-state index < -0.39 is 0 Å². The molecule has 0 heterocycles. The van der Waals surface area contributed by atoms with Crippen LogP contribution in [-0.2, 0) is 9.53 Å². The predicted molar refractivity (Wildman–Crippen MR) is 108 cm³/mol. The number of rotatable bonds is 14. The quantitative estimate of drug-likeness (QED) is 0.239. The van der Waals surface area contributed by atoms with Crippen molar-refractivity contribution in [1.29, 1.82) is 0 Å². The Morgan fingerprint density at radius 2 is 1.84 bits per heavy atom. The van der Waals surface area contributed by atoms with E-state index in [4.69, 9.17) is 12.6 Å². The minimum absolute atomic E-state index is 0.0986. The highest BCUT2D eigenvalue weighted by Gasteiger charge is 2.34. The fourth-order valence-electron chi connectivity index (χ4n) is 4.20. The number of carbonyl (C=O) groups excluding carboxylic acids is 1. The van der Waals surface area contributed by atoms with E-state index in [0.29, 0.717) is 23.5 Å². The maximum absolute atomic E-state index is 11.1. The molecule has 1 rings (SSSR count). The van der Waals surface area contributed by atoms with E-state index in [0.717, 1.165) is 32.1 Å². The number of hydrogen-bond donors (Lipinski definition) is 2. The second-order valence-corrected chi connectivity index (χ2v) is 8.55. The molecule has 0 radical (unpaired) electrons. The van der Waals surface area contributed by atoms with Crippen molar-refractivity contribution in [2.24, 2.45) is 11.8 Å². The summed E-state index contributed by atoms with van der Waals surface area (Å²) in [6.07, 6.45) is 15.6. The van der Waals surface area contributed by atoms with Crippen LogP contribution >= 0.6 is 12.6 Å². The first-order chi connectivity index (χ1) is 12.1. The van der Waals surface area contributed by atoms with Gasteiger partial charge in [-0.2, -0.15) is 12.6 Å². The Labute approximate surface area is 160 Å². The SMILES string of the molecule is CCCCCC(S)CC[C@H]1CC[C@H](O)[C@@H]1CCCCCCC(=O)OC. The number of ether oxygens (including phenoxy) is 1. The first-order valence-corrected chi connectivity index (χ1v) is 11.0. The molecule has 0 spiro atoms. The third-order valence-corrected chi connectivity index (χ3v) is 6.36. The van der Waals surface area contributed by atoms with Gasteiger partial charge in [0, 0.05) is 11.7 Å². The summed E-state index contributed by atoms with van der Waals surface area (Å²) in [6.45, 7) is 2.24. The van der Waals surface area contributed by atoms with Gasteiger partial charge in [-0.1, -0.05) is 45.4 Å². The van der Waals surface area contributed by atoms with Gasteiger partial charge in [-0.05, 0) is 56.8 Å². The average Bonchev–Trinajstić information content (AvgIpc) is 2.96. The molecule has 0 aliphatic heterocycles. The summed E-state index contributed by atoms with van der Waals surface area (Å²) in [5, 5.41) is 10.9. The summed E-state index contributed by atoms with van der Waals surface area (Å²) >= 11 is 4.76. The largest absolute Gasteiger partial charge is 0.469 e. The fourth-order valence-corrected chi connectivity index (χ4v) is 4.53. The Balaban J connectivity index is 2.17. The number of aliphatic hydroxyl groups is 1. The van der Waals surface area contributed by atoms with Crippen LogP contribution in [0.15, 0.2) is 0 Å². The molecule has 0 amide bonds. The first-order valence-electron chi connectivity index (χ1n) is 10.5. The van der Waals surface area contributed by atoms with Gasteiger partial charge in [0.1, 0.15) is 0 Å². The van der Waals surface area contributed by atoms with Gasteiger partial charge in [-0.3, -0.25) is 4.79 Å². The third-order valence-electron chi connectivity index (χ3n) is 5.84. The Morgan fingerprint density at radius 1 is 1.08 bits per heavy atom. The number of aliphatic hydroxyl groups excluding tert-OH is 1. The average molecular weight is 373 g/mol. The molecule has 3 nitrogen and oxygen atoms in total. The van der Waals surface area contributed by atoms with E-state index in [2.05, 4.69) is 11.7 Å². The van der Waals surface area contributed by atoms with Crippen molar-refractivity contribution >= 4 is 18.6 Å². The summed E-state index contributed by atoms with van der Waals surface area (Å²) in [5.74, 6) is 1.06. The van der Waals surface area contributed by atoms with Crippen LogP contribution in [0.3, 0.4) is 0 Å². The summed E-state index contributed by atoms with van der Waals surface area (Å²) in [4.78, 5) is 11.1. The molecule has 1 aliphatic rings. The van der Waals surface area contributed by atoms with Gasteiger partial charge in [0.2, 0.25) is 0 Å². The normalized spacial score (nSPS) is 24.4. The van der Waals surface area contributed by atoms with E-state index in [1.165, 1.54) is 58.5 Å². The second kappa shape index (κ2) is 13.9. The molecule has 4 heteroatoms. The zero-order valence-electron chi connectivity index (χ0n) is 16.4. The van der Waals surface area contributed by atoms with Crippen molar-refractivity contribution in [3.8, 4) is 0 Å². The van der Waals surface area contributed by atoms with Crippen LogP contribution in [0.2, 0.25) is 0 Å². The highest BCUT2D eigenvalue weighted by atomic mass is 32.1. The lowest BCUT2D eigenvalue weighted by Gasteiger charge is -2.23. The van der Waals surface area contributed by atoms with E-state index in [1.807, 2.05) is 0 Å². The molecule has 0 aromatic rings. The van der Waals surface area contributed by atoms with Gasteiger partial charge < -0.3 is 9.84 Å². The molecule has 1 unspecified atom stereocenters. The van der Waals surface area contributed by atoms with E-state index >= 15 is 0 Å². The van der Waals surface area contributed by atoms with Crippen LogP contribution in [0.1, 0.15) is 96.8 Å². The lowest BCUT2D eigenvalue weighted by molar-refractivity contribution is -0.140. The number of thiol groups is 1. The van der Waals surface area contributed by atoms with Gasteiger partial charge in [-0.15, -0.1) is 0 Å². The highest BCUT2D eigenvalue weighted by molar-refractivity contribution is 7.80. The van der Waals surface area contributed by atoms with Gasteiger partial charge >= 0.3 is 5.97 Å². The van der Waals surface area contributed by atoms with Crippen LogP contribution in [0, 0.1) is 11.8 Å². The highest BCUT2D eigenvalue weighted by Crippen LogP contribution is 2.39. The molecule has 25 heavy (non-hydrogen) atoms. The third kappa shape index (κ3) is 9.89. The van der Waals surface area contributed by atoms with Crippen LogP contribution in [0.5, 0.6) is 0 Å². The molecule has 1 saturated carbocycles. The standard InChI is InChI=1S/C21H40O3S/c1-3-4-7-10-18(25)15-13-17-14-16-20(22)19(17)11-8-5-6-9-12-21(23)24-2/h17-20,22,25H,3-16H2,1-2H3/t17-,18?,19+,20-/m0/s1. The monoisotopic (exact) mass is 372 g/mol. The van der Waals surface area contributed by atoms with E-state index in [-0.39, 0.29) is 12.1 Å². The number of unbranched alkanes of at least 4 members (excludes halogenated alkanes) is 5. The summed E-state index contributed by atoms with van der Waals surface area (Å²) in [5.41, 5.74) is 0. The van der Waals surface area contributed by atoms with E-state index in [1.54, 1.807) is 0 Å². The van der Waals surface area contributed by atoms with E-state index in [9.17, 15) is 9.90 Å². The Bertz CT molecular complexity index is 348. The van der Waals surface area contributed by atoms with Crippen LogP contribution in [-0.4, -0.2) is 29.5 Å². The van der Waals surface area contributed by atoms with Crippen molar-refractivity contribution in [3.05, 3.63) is 0 Å². The van der Waals surface area contributed by atoms with Crippen molar-refractivity contribution in [3.63, 3.8) is 0 Å². The molecule has 148 valence electrons. The Morgan fingerprint density at radius 3 is 2.56 bits per heavy atom. The smallest absolute Gasteiger partial charge is 0.305 e. The van der Waals surface area contributed by atoms with Crippen molar-refractivity contribution in [2.45, 2.75) is 108 Å².